The molecule has 6 heteroatoms. The number of hydrogen-bond acceptors (Lipinski definition) is 5. The summed E-state index contributed by atoms with van der Waals surface area (Å²) in [5.41, 5.74) is 3.99. The summed E-state index contributed by atoms with van der Waals surface area (Å²) >= 11 is 0. The standard InChI is InChI=1S/C33H34N2O4/c1-7-39-27-17-12-23(18-26(27)20(2)3)30(36)28-29(22-10-13-24(14-11-22)33(4,5)6)35(32(38)31(28)37)25-15-8-21(19-34)9-16-25/h8-18,20,29,36H,7H2,1-6H3/b30-28-. The number of amides is 1. The van der Waals surface area contributed by atoms with Crippen LogP contribution in [0.3, 0.4) is 0 Å². The number of carbonyl (C=O) groups excluding carboxylic acids is 2. The molecule has 0 radical (unpaired) electrons. The summed E-state index contributed by atoms with van der Waals surface area (Å²) in [6, 6.07) is 20.8. The second-order valence-corrected chi connectivity index (χ2v) is 11.0. The molecule has 1 atom stereocenters. The summed E-state index contributed by atoms with van der Waals surface area (Å²) in [5.74, 6) is -0.903. The molecule has 1 fully saturated rings. The number of nitrogens with zero attached hydrogens (tertiary/aromatic N) is 2. The lowest BCUT2D eigenvalue weighted by atomic mass is 9.85. The number of ether oxygens (including phenoxy) is 1. The Morgan fingerprint density at radius 2 is 1.67 bits per heavy atom. The van der Waals surface area contributed by atoms with E-state index in [1.165, 1.54) is 4.90 Å². The topological polar surface area (TPSA) is 90.6 Å². The monoisotopic (exact) mass is 522 g/mol. The molecule has 0 bridgehead atoms. The van der Waals surface area contributed by atoms with Gasteiger partial charge in [0, 0.05) is 11.3 Å². The quantitative estimate of drug-likeness (QED) is 0.214. The highest BCUT2D eigenvalue weighted by Crippen LogP contribution is 2.43. The summed E-state index contributed by atoms with van der Waals surface area (Å²) in [5, 5.41) is 20.8. The number of aliphatic hydroxyl groups excluding tert-OH is 1. The minimum absolute atomic E-state index is 0.0201. The fourth-order valence-corrected chi connectivity index (χ4v) is 4.87. The molecule has 1 aliphatic heterocycles. The molecule has 1 saturated heterocycles. The van der Waals surface area contributed by atoms with E-state index in [1.807, 2.05) is 51.1 Å². The van der Waals surface area contributed by atoms with Gasteiger partial charge in [0.15, 0.2) is 0 Å². The van der Waals surface area contributed by atoms with E-state index in [-0.39, 0.29) is 22.7 Å². The Morgan fingerprint density at radius 1 is 1.03 bits per heavy atom. The Kier molecular flexibility index (Phi) is 7.65. The number of anilines is 1. The van der Waals surface area contributed by atoms with Crippen molar-refractivity contribution in [3.8, 4) is 11.8 Å². The third-order valence-corrected chi connectivity index (χ3v) is 7.02. The Morgan fingerprint density at radius 3 is 2.21 bits per heavy atom. The van der Waals surface area contributed by atoms with E-state index < -0.39 is 17.7 Å². The van der Waals surface area contributed by atoms with E-state index in [1.54, 1.807) is 36.4 Å². The first-order chi connectivity index (χ1) is 18.5. The van der Waals surface area contributed by atoms with Crippen LogP contribution in [0.1, 0.15) is 81.3 Å². The van der Waals surface area contributed by atoms with Crippen LogP contribution in [0, 0.1) is 11.3 Å². The smallest absolute Gasteiger partial charge is 0.300 e. The van der Waals surface area contributed by atoms with Crippen LogP contribution in [-0.2, 0) is 15.0 Å². The maximum absolute atomic E-state index is 13.5. The molecule has 3 aromatic rings. The van der Waals surface area contributed by atoms with Crippen molar-refractivity contribution >= 4 is 23.1 Å². The summed E-state index contributed by atoms with van der Waals surface area (Å²) in [6.45, 7) is 12.8. The van der Waals surface area contributed by atoms with E-state index in [0.717, 1.165) is 16.9 Å². The number of carbonyl (C=O) groups is 2. The van der Waals surface area contributed by atoms with Gasteiger partial charge in [-0.3, -0.25) is 14.5 Å². The highest BCUT2D eigenvalue weighted by Gasteiger charge is 2.47. The van der Waals surface area contributed by atoms with E-state index >= 15 is 0 Å². The third kappa shape index (κ3) is 5.31. The molecule has 1 heterocycles. The van der Waals surface area contributed by atoms with Crippen molar-refractivity contribution in [1.29, 1.82) is 5.26 Å². The van der Waals surface area contributed by atoms with Gasteiger partial charge in [-0.05, 0) is 77.4 Å². The summed E-state index contributed by atoms with van der Waals surface area (Å²) in [4.78, 5) is 28.4. The fourth-order valence-electron chi connectivity index (χ4n) is 4.87. The molecule has 1 amide bonds. The minimum atomic E-state index is -0.846. The molecule has 1 aliphatic rings. The summed E-state index contributed by atoms with van der Waals surface area (Å²) in [7, 11) is 0. The molecule has 4 rings (SSSR count). The van der Waals surface area contributed by atoms with Crippen molar-refractivity contribution in [2.24, 2.45) is 0 Å². The van der Waals surface area contributed by atoms with Crippen LogP contribution in [0.15, 0.2) is 72.3 Å². The van der Waals surface area contributed by atoms with Gasteiger partial charge in [-0.1, -0.05) is 58.9 Å². The predicted octanol–water partition coefficient (Wildman–Crippen LogP) is 7.00. The van der Waals surface area contributed by atoms with E-state index in [9.17, 15) is 20.0 Å². The number of rotatable bonds is 6. The van der Waals surface area contributed by atoms with Crippen molar-refractivity contribution in [1.82, 2.24) is 0 Å². The fraction of sp³-hybridized carbons (Fsp3) is 0.303. The van der Waals surface area contributed by atoms with Gasteiger partial charge in [-0.25, -0.2) is 0 Å². The molecule has 1 unspecified atom stereocenters. The average Bonchev–Trinajstić information content (AvgIpc) is 3.18. The highest BCUT2D eigenvalue weighted by molar-refractivity contribution is 6.51. The molecule has 0 saturated carbocycles. The van der Waals surface area contributed by atoms with Gasteiger partial charge >= 0.3 is 0 Å². The molecule has 0 spiro atoms. The highest BCUT2D eigenvalue weighted by atomic mass is 16.5. The second-order valence-electron chi connectivity index (χ2n) is 11.0. The van der Waals surface area contributed by atoms with E-state index in [0.29, 0.717) is 29.0 Å². The minimum Gasteiger partial charge on any atom is -0.507 e. The Hall–Kier alpha value is -4.37. The SMILES string of the molecule is CCOc1ccc(/C(O)=C2/C(=O)C(=O)N(c3ccc(C#N)cc3)C2c2ccc(C(C)(C)C)cc2)cc1C(C)C. The number of aliphatic hydroxyl groups is 1. The van der Waals surface area contributed by atoms with Crippen LogP contribution in [0.5, 0.6) is 5.75 Å². The maximum Gasteiger partial charge on any atom is 0.300 e. The zero-order valence-electron chi connectivity index (χ0n) is 23.3. The number of hydrogen-bond donors (Lipinski definition) is 1. The van der Waals surface area contributed by atoms with Crippen molar-refractivity contribution in [3.63, 3.8) is 0 Å². The first kappa shape index (κ1) is 27.7. The molecule has 6 nitrogen and oxygen atoms in total. The second kappa shape index (κ2) is 10.8. The van der Waals surface area contributed by atoms with Crippen LogP contribution < -0.4 is 9.64 Å². The summed E-state index contributed by atoms with van der Waals surface area (Å²) < 4.78 is 5.77. The lowest BCUT2D eigenvalue weighted by Gasteiger charge is -2.26. The zero-order chi connectivity index (χ0) is 28.5. The van der Waals surface area contributed by atoms with Gasteiger partial charge in [-0.15, -0.1) is 0 Å². The van der Waals surface area contributed by atoms with Crippen LogP contribution >= 0.6 is 0 Å². The number of ketones is 1. The largest absolute Gasteiger partial charge is 0.507 e. The summed E-state index contributed by atoms with van der Waals surface area (Å²) in [6.07, 6.45) is 0. The molecule has 1 N–H and O–H groups in total. The molecular formula is C33H34N2O4. The molecule has 39 heavy (non-hydrogen) atoms. The normalized spacial score (nSPS) is 17.0. The first-order valence-corrected chi connectivity index (χ1v) is 13.2. The van der Waals surface area contributed by atoms with Gasteiger partial charge in [0.1, 0.15) is 11.5 Å². The van der Waals surface area contributed by atoms with Crippen molar-refractivity contribution in [2.45, 2.75) is 58.9 Å². The first-order valence-electron chi connectivity index (χ1n) is 13.2. The molecular weight excluding hydrogens is 488 g/mol. The van der Waals surface area contributed by atoms with Crippen LogP contribution in [0.25, 0.3) is 5.76 Å². The maximum atomic E-state index is 13.5. The van der Waals surface area contributed by atoms with Gasteiger partial charge in [-0.2, -0.15) is 5.26 Å². The van der Waals surface area contributed by atoms with Crippen molar-refractivity contribution in [2.75, 3.05) is 11.5 Å². The van der Waals surface area contributed by atoms with Gasteiger partial charge < -0.3 is 9.84 Å². The van der Waals surface area contributed by atoms with E-state index in [4.69, 9.17) is 4.74 Å². The van der Waals surface area contributed by atoms with Crippen LogP contribution in [0.2, 0.25) is 0 Å². The molecule has 3 aromatic carbocycles. The number of nitriles is 1. The molecule has 0 aromatic heterocycles. The van der Waals surface area contributed by atoms with Crippen LogP contribution in [-0.4, -0.2) is 23.4 Å². The zero-order valence-corrected chi connectivity index (χ0v) is 23.3. The van der Waals surface area contributed by atoms with Gasteiger partial charge in [0.2, 0.25) is 0 Å². The van der Waals surface area contributed by atoms with Gasteiger partial charge in [0.05, 0.1) is 29.9 Å². The van der Waals surface area contributed by atoms with E-state index in [2.05, 4.69) is 26.8 Å². The molecule has 0 aliphatic carbocycles. The van der Waals surface area contributed by atoms with Crippen molar-refractivity contribution in [3.05, 3.63) is 100 Å². The van der Waals surface area contributed by atoms with Crippen molar-refractivity contribution < 1.29 is 19.4 Å². The lowest BCUT2D eigenvalue weighted by molar-refractivity contribution is -0.132. The Balaban J connectivity index is 1.93. The number of benzene rings is 3. The lowest BCUT2D eigenvalue weighted by Crippen LogP contribution is -2.29. The van der Waals surface area contributed by atoms with Crippen LogP contribution in [0.4, 0.5) is 5.69 Å². The number of Topliss-reactive ketones (excluding diaryl/α,β-unsaturated/α-hetero) is 1. The molecule has 200 valence electrons. The average molecular weight is 523 g/mol. The third-order valence-electron chi connectivity index (χ3n) is 7.02. The Labute approximate surface area is 230 Å². The Bertz CT molecular complexity index is 1470. The van der Waals surface area contributed by atoms with Gasteiger partial charge in [0.25, 0.3) is 11.7 Å². The predicted molar refractivity (Wildman–Crippen MR) is 153 cm³/mol.